The van der Waals surface area contributed by atoms with Crippen LogP contribution in [0.3, 0.4) is 0 Å². The molecule has 1 N–H and O–H groups in total. The van der Waals surface area contributed by atoms with E-state index in [1.54, 1.807) is 53.3 Å². The Bertz CT molecular complexity index is 1150. The lowest BCUT2D eigenvalue weighted by Gasteiger charge is -2.13. The van der Waals surface area contributed by atoms with E-state index in [0.29, 0.717) is 41.1 Å². The number of furan rings is 1. The number of amides is 1. The maximum absolute atomic E-state index is 12.7. The molecule has 8 heteroatoms. The number of benzene rings is 2. The lowest BCUT2D eigenvalue weighted by Crippen LogP contribution is -2.11. The average Bonchev–Trinajstić information content (AvgIpc) is 3.44. The van der Waals surface area contributed by atoms with Gasteiger partial charge in [0.05, 0.1) is 18.8 Å². The van der Waals surface area contributed by atoms with Gasteiger partial charge in [-0.15, -0.1) is 0 Å². The van der Waals surface area contributed by atoms with Gasteiger partial charge in [-0.2, -0.15) is 5.10 Å². The highest BCUT2D eigenvalue weighted by atomic mass is 35.5. The second-order valence-corrected chi connectivity index (χ2v) is 7.01. The van der Waals surface area contributed by atoms with Crippen LogP contribution in [0.2, 0.25) is 5.02 Å². The third kappa shape index (κ3) is 5.26. The average molecular weight is 438 g/mol. The van der Waals surface area contributed by atoms with Gasteiger partial charge in [0.25, 0.3) is 5.91 Å². The Morgan fingerprint density at radius 2 is 1.94 bits per heavy atom. The largest absolute Gasteiger partial charge is 0.494 e. The van der Waals surface area contributed by atoms with Gasteiger partial charge in [-0.3, -0.25) is 9.48 Å². The van der Waals surface area contributed by atoms with E-state index >= 15 is 0 Å². The third-order valence-electron chi connectivity index (χ3n) is 4.31. The predicted octanol–water partition coefficient (Wildman–Crippen LogP) is 5.62. The van der Waals surface area contributed by atoms with Crippen LogP contribution in [0.25, 0.3) is 0 Å². The van der Waals surface area contributed by atoms with Gasteiger partial charge in [-0.25, -0.2) is 0 Å². The molecule has 2 aromatic carbocycles. The van der Waals surface area contributed by atoms with Crippen molar-refractivity contribution in [1.82, 2.24) is 9.78 Å². The Kier molecular flexibility index (Phi) is 6.24. The SMILES string of the molecule is CCOc1ccc(Oc2ccc(Cl)cc2NC(=O)c2ccc(Cn3cccn3)o2)cc1. The Hall–Kier alpha value is -3.71. The number of carbonyl (C=O) groups excluding carboxylic acids is 1. The third-order valence-corrected chi connectivity index (χ3v) is 4.55. The van der Waals surface area contributed by atoms with Crippen molar-refractivity contribution < 1.29 is 18.7 Å². The van der Waals surface area contributed by atoms with Gasteiger partial charge in [0, 0.05) is 17.4 Å². The number of anilines is 1. The van der Waals surface area contributed by atoms with Gasteiger partial charge in [0.1, 0.15) is 17.3 Å². The van der Waals surface area contributed by atoms with Crippen molar-refractivity contribution in [1.29, 1.82) is 0 Å². The summed E-state index contributed by atoms with van der Waals surface area (Å²) in [4.78, 5) is 12.7. The number of ether oxygens (including phenoxy) is 2. The van der Waals surface area contributed by atoms with Gasteiger partial charge in [0.2, 0.25) is 0 Å². The van der Waals surface area contributed by atoms with Crippen LogP contribution in [-0.4, -0.2) is 22.3 Å². The zero-order valence-corrected chi connectivity index (χ0v) is 17.5. The monoisotopic (exact) mass is 437 g/mol. The standard InChI is InChI=1S/C23H20ClN3O4/c1-2-29-17-5-7-18(8-6-17)30-21-10-4-16(24)14-20(21)26-23(28)22-11-9-19(31-22)15-27-13-3-12-25-27/h3-14H,2,15H2,1H3,(H,26,28). The molecular formula is C23H20ClN3O4. The van der Waals surface area contributed by atoms with Gasteiger partial charge in [-0.1, -0.05) is 11.6 Å². The summed E-state index contributed by atoms with van der Waals surface area (Å²) in [6.45, 7) is 2.94. The Morgan fingerprint density at radius 3 is 2.68 bits per heavy atom. The molecule has 0 aliphatic carbocycles. The molecule has 1 amide bonds. The van der Waals surface area contributed by atoms with E-state index in [-0.39, 0.29) is 5.76 Å². The summed E-state index contributed by atoms with van der Waals surface area (Å²) < 4.78 is 18.7. The first-order valence-corrected chi connectivity index (χ1v) is 10.1. The van der Waals surface area contributed by atoms with Crippen molar-refractivity contribution in [2.45, 2.75) is 13.5 Å². The molecule has 0 fully saturated rings. The fourth-order valence-electron chi connectivity index (χ4n) is 2.91. The minimum absolute atomic E-state index is 0.175. The van der Waals surface area contributed by atoms with E-state index in [9.17, 15) is 4.79 Å². The van der Waals surface area contributed by atoms with Crippen LogP contribution < -0.4 is 14.8 Å². The number of rotatable bonds is 8. The van der Waals surface area contributed by atoms with E-state index in [4.69, 9.17) is 25.5 Å². The van der Waals surface area contributed by atoms with Crippen LogP contribution in [0.5, 0.6) is 17.2 Å². The first-order chi connectivity index (χ1) is 15.1. The number of nitrogens with zero attached hydrogens (tertiary/aromatic N) is 2. The van der Waals surface area contributed by atoms with Crippen molar-refractivity contribution in [2.24, 2.45) is 0 Å². The minimum atomic E-state index is -0.412. The number of carbonyl (C=O) groups is 1. The fraction of sp³-hybridized carbons (Fsp3) is 0.130. The number of hydrogen-bond acceptors (Lipinski definition) is 5. The predicted molar refractivity (Wildman–Crippen MR) is 117 cm³/mol. The molecule has 0 bridgehead atoms. The van der Waals surface area contributed by atoms with Crippen LogP contribution in [-0.2, 0) is 6.54 Å². The van der Waals surface area contributed by atoms with Crippen molar-refractivity contribution in [3.8, 4) is 17.2 Å². The maximum Gasteiger partial charge on any atom is 0.291 e. The highest BCUT2D eigenvalue weighted by Crippen LogP contribution is 2.33. The smallest absolute Gasteiger partial charge is 0.291 e. The maximum atomic E-state index is 12.7. The van der Waals surface area contributed by atoms with Crippen molar-refractivity contribution in [3.63, 3.8) is 0 Å². The number of halogens is 1. The Balaban J connectivity index is 1.48. The van der Waals surface area contributed by atoms with E-state index in [1.165, 1.54) is 0 Å². The summed E-state index contributed by atoms with van der Waals surface area (Å²) in [6, 6.07) is 17.4. The lowest BCUT2D eigenvalue weighted by atomic mass is 10.2. The van der Waals surface area contributed by atoms with Crippen LogP contribution in [0.1, 0.15) is 23.2 Å². The molecule has 0 atom stereocenters. The summed E-state index contributed by atoms with van der Waals surface area (Å²) in [5.41, 5.74) is 0.427. The second kappa shape index (κ2) is 9.40. The van der Waals surface area contributed by atoms with E-state index in [1.807, 2.05) is 31.3 Å². The molecule has 0 spiro atoms. The molecule has 0 saturated heterocycles. The topological polar surface area (TPSA) is 78.5 Å². The van der Waals surface area contributed by atoms with Crippen LogP contribution in [0.15, 0.2) is 77.5 Å². The summed E-state index contributed by atoms with van der Waals surface area (Å²) in [5.74, 6) is 2.18. The van der Waals surface area contributed by atoms with E-state index in [0.717, 1.165) is 5.75 Å². The van der Waals surface area contributed by atoms with Crippen molar-refractivity contribution in [3.05, 3.63) is 89.6 Å². The van der Waals surface area contributed by atoms with Crippen LogP contribution >= 0.6 is 11.6 Å². The normalized spacial score (nSPS) is 10.6. The molecule has 2 aromatic heterocycles. The summed E-state index contributed by atoms with van der Waals surface area (Å²) in [5, 5.41) is 7.40. The lowest BCUT2D eigenvalue weighted by molar-refractivity contribution is 0.0994. The van der Waals surface area contributed by atoms with Gasteiger partial charge in [0.15, 0.2) is 11.5 Å². The Morgan fingerprint density at radius 1 is 1.13 bits per heavy atom. The summed E-state index contributed by atoms with van der Waals surface area (Å²) in [6.07, 6.45) is 3.50. The second-order valence-electron chi connectivity index (χ2n) is 6.57. The highest BCUT2D eigenvalue weighted by Gasteiger charge is 2.15. The van der Waals surface area contributed by atoms with E-state index in [2.05, 4.69) is 10.4 Å². The molecule has 158 valence electrons. The minimum Gasteiger partial charge on any atom is -0.494 e. The Labute approximate surface area is 184 Å². The quantitative estimate of drug-likeness (QED) is 0.387. The van der Waals surface area contributed by atoms with Crippen LogP contribution in [0.4, 0.5) is 5.69 Å². The molecule has 7 nitrogen and oxygen atoms in total. The summed E-state index contributed by atoms with van der Waals surface area (Å²) >= 11 is 6.13. The molecule has 4 aromatic rings. The fourth-order valence-corrected chi connectivity index (χ4v) is 3.08. The van der Waals surface area contributed by atoms with E-state index < -0.39 is 5.91 Å². The molecule has 0 unspecified atom stereocenters. The van der Waals surface area contributed by atoms with Crippen molar-refractivity contribution in [2.75, 3.05) is 11.9 Å². The van der Waals surface area contributed by atoms with Crippen molar-refractivity contribution >= 4 is 23.2 Å². The number of nitrogens with one attached hydrogen (secondary N) is 1. The molecule has 0 aliphatic rings. The van der Waals surface area contributed by atoms with Gasteiger partial charge >= 0.3 is 0 Å². The number of aromatic nitrogens is 2. The zero-order valence-electron chi connectivity index (χ0n) is 16.7. The molecule has 0 aliphatic heterocycles. The number of hydrogen-bond donors (Lipinski definition) is 1. The molecule has 0 saturated carbocycles. The molecule has 4 rings (SSSR count). The molecule has 2 heterocycles. The van der Waals surface area contributed by atoms with Gasteiger partial charge in [-0.05, 0) is 67.6 Å². The molecule has 0 radical (unpaired) electrons. The summed E-state index contributed by atoms with van der Waals surface area (Å²) in [7, 11) is 0. The first kappa shape index (κ1) is 20.6. The molecule has 31 heavy (non-hydrogen) atoms. The first-order valence-electron chi connectivity index (χ1n) is 9.68. The highest BCUT2D eigenvalue weighted by molar-refractivity contribution is 6.31. The van der Waals surface area contributed by atoms with Crippen LogP contribution in [0, 0.1) is 0 Å². The van der Waals surface area contributed by atoms with Gasteiger partial charge < -0.3 is 19.2 Å². The zero-order chi connectivity index (χ0) is 21.6. The molecular weight excluding hydrogens is 418 g/mol.